The summed E-state index contributed by atoms with van der Waals surface area (Å²) >= 11 is 0. The second-order valence-corrected chi connectivity index (χ2v) is 6.49. The van der Waals surface area contributed by atoms with Gasteiger partial charge < -0.3 is 13.9 Å². The summed E-state index contributed by atoms with van der Waals surface area (Å²) in [6.07, 6.45) is 1.87. The number of carbonyl (C=O) groups is 1. The van der Waals surface area contributed by atoms with Gasteiger partial charge in [0.15, 0.2) is 0 Å². The summed E-state index contributed by atoms with van der Waals surface area (Å²) in [5.74, 6) is 0.298. The topological polar surface area (TPSA) is 65.7 Å². The highest BCUT2D eigenvalue weighted by atomic mass is 16.6. The molecule has 3 rings (SSSR count). The zero-order valence-electron chi connectivity index (χ0n) is 14.2. The molecule has 5 nitrogen and oxygen atoms in total. The van der Waals surface area contributed by atoms with Crippen molar-refractivity contribution in [2.24, 2.45) is 0 Å². The Labute approximate surface area is 139 Å². The third kappa shape index (κ3) is 2.82. The first kappa shape index (κ1) is 16.3. The third-order valence-electron chi connectivity index (χ3n) is 4.39. The maximum Gasteiger partial charge on any atom is 0.336 e. The Morgan fingerprint density at radius 2 is 2.00 bits per heavy atom. The first-order chi connectivity index (χ1) is 11.3. The average molecular weight is 328 g/mol. The Morgan fingerprint density at radius 3 is 2.71 bits per heavy atom. The molecule has 2 aromatic rings. The quantitative estimate of drug-likeness (QED) is 0.491. The summed E-state index contributed by atoms with van der Waals surface area (Å²) in [6.45, 7) is 7.15. The zero-order valence-corrected chi connectivity index (χ0v) is 14.2. The van der Waals surface area contributed by atoms with Gasteiger partial charge in [0.05, 0.1) is 0 Å². The van der Waals surface area contributed by atoms with E-state index < -0.39 is 11.2 Å². The number of carbonyl (C=O) groups excluding carboxylic acids is 1. The summed E-state index contributed by atoms with van der Waals surface area (Å²) in [5.41, 5.74) is 0.710. The van der Waals surface area contributed by atoms with E-state index in [4.69, 9.17) is 13.9 Å². The minimum Gasteiger partial charge on any atom is -0.485 e. The van der Waals surface area contributed by atoms with Crippen molar-refractivity contribution in [3.05, 3.63) is 51.9 Å². The molecule has 0 N–H and O–H groups in total. The van der Waals surface area contributed by atoms with Crippen LogP contribution in [0.2, 0.25) is 0 Å². The number of hydrogen-bond donors (Lipinski definition) is 0. The molecule has 1 aromatic carbocycles. The number of allylic oxidation sites excluding steroid dienone is 1. The lowest BCUT2D eigenvalue weighted by molar-refractivity contribution is -0.159. The minimum absolute atomic E-state index is 0.350. The van der Waals surface area contributed by atoms with Crippen LogP contribution in [0.3, 0.4) is 0 Å². The molecule has 0 amide bonds. The molecular formula is C19H20O5. The molecule has 1 aliphatic heterocycles. The fourth-order valence-corrected chi connectivity index (χ4v) is 2.75. The normalized spacial score (nSPS) is 17.5. The van der Waals surface area contributed by atoms with Crippen LogP contribution in [0.4, 0.5) is 0 Å². The number of hydrogen-bond acceptors (Lipinski definition) is 5. The van der Waals surface area contributed by atoms with Gasteiger partial charge in [-0.05, 0) is 45.9 Å². The maximum absolute atomic E-state index is 12.1. The molecule has 1 aromatic heterocycles. The molecule has 0 fully saturated rings. The molecule has 0 spiro atoms. The lowest BCUT2D eigenvalue weighted by atomic mass is 9.96. The van der Waals surface area contributed by atoms with E-state index in [-0.39, 0.29) is 12.1 Å². The first-order valence-corrected chi connectivity index (χ1v) is 7.90. The van der Waals surface area contributed by atoms with Crippen molar-refractivity contribution in [2.45, 2.75) is 45.8 Å². The van der Waals surface area contributed by atoms with Crippen molar-refractivity contribution >= 4 is 16.9 Å². The first-order valence-electron chi connectivity index (χ1n) is 7.90. The summed E-state index contributed by atoms with van der Waals surface area (Å²) in [5, 5.41) is 0.845. The molecule has 0 unspecified atom stereocenters. The van der Waals surface area contributed by atoms with Gasteiger partial charge in [-0.1, -0.05) is 6.08 Å². The molecular weight excluding hydrogens is 308 g/mol. The maximum atomic E-state index is 12.1. The number of rotatable bonds is 3. The Hall–Kier alpha value is -2.56. The van der Waals surface area contributed by atoms with Crippen LogP contribution < -0.4 is 10.4 Å². The van der Waals surface area contributed by atoms with Crippen LogP contribution in [0, 0.1) is 0 Å². The van der Waals surface area contributed by atoms with Crippen LogP contribution in [0.15, 0.2) is 45.1 Å². The molecule has 0 saturated carbocycles. The van der Waals surface area contributed by atoms with Gasteiger partial charge >= 0.3 is 11.6 Å². The van der Waals surface area contributed by atoms with E-state index in [1.807, 2.05) is 26.0 Å². The standard InChI is InChI=1S/C19H20O5/c1-5-11(2)18(21)24-19(3,4)15-10-13-14(22-15)8-6-12-7-9-16(20)23-17(12)13/h5-9,15H,10H2,1-4H3/t15-/m0/s1. The van der Waals surface area contributed by atoms with Crippen LogP contribution in [-0.2, 0) is 16.0 Å². The molecule has 5 heteroatoms. The van der Waals surface area contributed by atoms with Crippen LogP contribution in [0.1, 0.15) is 33.3 Å². The van der Waals surface area contributed by atoms with Crippen molar-refractivity contribution in [3.8, 4) is 5.75 Å². The highest BCUT2D eigenvalue weighted by molar-refractivity contribution is 5.88. The van der Waals surface area contributed by atoms with Gasteiger partial charge in [0.25, 0.3) is 0 Å². The summed E-state index contributed by atoms with van der Waals surface area (Å²) in [6, 6.07) is 6.83. The van der Waals surface area contributed by atoms with E-state index in [0.29, 0.717) is 23.3 Å². The number of benzene rings is 1. The smallest absolute Gasteiger partial charge is 0.336 e. The number of esters is 1. The monoisotopic (exact) mass is 328 g/mol. The van der Waals surface area contributed by atoms with Gasteiger partial charge in [-0.25, -0.2) is 9.59 Å². The van der Waals surface area contributed by atoms with Crippen LogP contribution in [0.5, 0.6) is 5.75 Å². The van der Waals surface area contributed by atoms with E-state index >= 15 is 0 Å². The third-order valence-corrected chi connectivity index (χ3v) is 4.39. The van der Waals surface area contributed by atoms with E-state index in [9.17, 15) is 9.59 Å². The van der Waals surface area contributed by atoms with Crippen molar-refractivity contribution in [1.29, 1.82) is 0 Å². The molecule has 126 valence electrons. The largest absolute Gasteiger partial charge is 0.485 e. The predicted octanol–water partition coefficient (Wildman–Crippen LogP) is 3.38. The highest BCUT2D eigenvalue weighted by Crippen LogP contribution is 2.38. The number of fused-ring (bicyclic) bond motifs is 3. The molecule has 0 bridgehead atoms. The zero-order chi connectivity index (χ0) is 17.5. The molecule has 0 radical (unpaired) electrons. The van der Waals surface area contributed by atoms with Gasteiger partial charge in [-0.2, -0.15) is 0 Å². The van der Waals surface area contributed by atoms with Gasteiger partial charge in [0.1, 0.15) is 23.0 Å². The minimum atomic E-state index is -0.818. The Kier molecular flexibility index (Phi) is 3.95. The Morgan fingerprint density at radius 1 is 1.29 bits per heavy atom. The van der Waals surface area contributed by atoms with E-state index in [1.165, 1.54) is 6.07 Å². The summed E-state index contributed by atoms with van der Waals surface area (Å²) in [7, 11) is 0. The number of ether oxygens (including phenoxy) is 2. The van der Waals surface area contributed by atoms with Crippen LogP contribution in [-0.4, -0.2) is 17.7 Å². The second kappa shape index (κ2) is 5.82. The van der Waals surface area contributed by atoms with Gasteiger partial charge in [0.2, 0.25) is 0 Å². The lowest BCUT2D eigenvalue weighted by Gasteiger charge is -2.30. The molecule has 0 saturated heterocycles. The molecule has 2 heterocycles. The molecule has 1 aliphatic rings. The van der Waals surface area contributed by atoms with E-state index in [2.05, 4.69) is 0 Å². The van der Waals surface area contributed by atoms with Crippen molar-refractivity contribution in [3.63, 3.8) is 0 Å². The lowest BCUT2D eigenvalue weighted by Crippen LogP contribution is -2.43. The Bertz CT molecular complexity index is 888. The van der Waals surface area contributed by atoms with Crippen molar-refractivity contribution in [1.82, 2.24) is 0 Å². The van der Waals surface area contributed by atoms with Gasteiger partial charge in [0, 0.05) is 29.0 Å². The molecule has 0 aliphatic carbocycles. The predicted molar refractivity (Wildman–Crippen MR) is 90.2 cm³/mol. The van der Waals surface area contributed by atoms with Gasteiger partial charge in [-0.15, -0.1) is 0 Å². The average Bonchev–Trinajstić information content (AvgIpc) is 2.99. The molecule has 24 heavy (non-hydrogen) atoms. The van der Waals surface area contributed by atoms with E-state index in [1.54, 1.807) is 26.0 Å². The fraction of sp³-hybridized carbons (Fsp3) is 0.368. The SMILES string of the molecule is CC=C(C)C(=O)OC(C)(C)[C@@H]1Cc2c(ccc3ccc(=O)oc23)O1. The fourth-order valence-electron chi connectivity index (χ4n) is 2.75. The molecule has 1 atom stereocenters. The highest BCUT2D eigenvalue weighted by Gasteiger charge is 2.40. The summed E-state index contributed by atoms with van der Waals surface area (Å²) in [4.78, 5) is 23.6. The summed E-state index contributed by atoms with van der Waals surface area (Å²) < 4.78 is 16.9. The second-order valence-electron chi connectivity index (χ2n) is 6.49. The van der Waals surface area contributed by atoms with Crippen molar-refractivity contribution in [2.75, 3.05) is 0 Å². The van der Waals surface area contributed by atoms with E-state index in [0.717, 1.165) is 10.9 Å². The van der Waals surface area contributed by atoms with Crippen LogP contribution in [0.25, 0.3) is 11.0 Å². The Balaban J connectivity index is 1.90. The van der Waals surface area contributed by atoms with Gasteiger partial charge in [-0.3, -0.25) is 0 Å². The van der Waals surface area contributed by atoms with Crippen molar-refractivity contribution < 1.29 is 18.7 Å². The van der Waals surface area contributed by atoms with Crippen LogP contribution >= 0.6 is 0 Å².